The minimum Gasteiger partial charge on any atom is -0.507 e. The third kappa shape index (κ3) is 3.72. The second kappa shape index (κ2) is 7.61. The van der Waals surface area contributed by atoms with Crippen LogP contribution in [0.1, 0.15) is 69.6 Å². The van der Waals surface area contributed by atoms with Crippen molar-refractivity contribution >= 4 is 12.4 Å². The molecule has 0 radical (unpaired) electrons. The van der Waals surface area contributed by atoms with Gasteiger partial charge in [-0.1, -0.05) is 102 Å². The fraction of sp³-hybridized carbons (Fsp3) is 0.357. The Hall–Kier alpha value is -2.35. The summed E-state index contributed by atoms with van der Waals surface area (Å²) in [5, 5.41) is 23.2. The summed E-state index contributed by atoms with van der Waals surface area (Å²) in [6, 6.07) is 19.4. The lowest BCUT2D eigenvalue weighted by atomic mass is 9.78. The van der Waals surface area contributed by atoms with Crippen LogP contribution in [0.25, 0.3) is 11.1 Å². The van der Waals surface area contributed by atoms with Gasteiger partial charge in [-0.3, -0.25) is 0 Å². The van der Waals surface area contributed by atoms with Gasteiger partial charge in [-0.2, -0.15) is 0 Å². The number of aliphatic hydroxyl groups is 1. The number of phenols is 1. The molecule has 4 rings (SSSR count). The van der Waals surface area contributed by atoms with E-state index >= 15 is 0 Å². The third-order valence-corrected chi connectivity index (χ3v) is 9.55. The van der Waals surface area contributed by atoms with E-state index in [0.717, 1.165) is 38.7 Å². The van der Waals surface area contributed by atoms with Gasteiger partial charge < -0.3 is 14.8 Å². The molecule has 1 aliphatic rings. The molecule has 0 fully saturated rings. The molecule has 1 heterocycles. The van der Waals surface area contributed by atoms with Crippen LogP contribution in [-0.4, -0.2) is 10.2 Å². The second-order valence-electron chi connectivity index (χ2n) is 11.0. The molecule has 0 bridgehead atoms. The zero-order valence-corrected chi connectivity index (χ0v) is 20.7. The van der Waals surface area contributed by atoms with Gasteiger partial charge >= 0.3 is 0 Å². The van der Waals surface area contributed by atoms with Gasteiger partial charge in [0.25, 0.3) is 0 Å². The Labute approximate surface area is 191 Å². The van der Waals surface area contributed by atoms with Gasteiger partial charge in [-0.05, 0) is 44.2 Å². The predicted octanol–water partition coefficient (Wildman–Crippen LogP) is 6.85. The lowest BCUT2D eigenvalue weighted by molar-refractivity contribution is 0.254. The average molecular weight is 449 g/mol. The zero-order valence-electron chi connectivity index (χ0n) is 19.8. The Balaban J connectivity index is 1.92. The summed E-state index contributed by atoms with van der Waals surface area (Å²) in [6.07, 6.45) is 0.242. The maximum Gasteiger partial charge on any atom is 0.151 e. The summed E-state index contributed by atoms with van der Waals surface area (Å²) < 4.78 is 14.6. The molecule has 3 aromatic rings. The number of phenolic OH excluding ortho intramolecular Hbond substituents is 1. The van der Waals surface area contributed by atoms with Gasteiger partial charge in [0, 0.05) is 11.5 Å². The minimum atomic E-state index is -3.23. The number of hydrogen-bond donors (Lipinski definition) is 2. The van der Waals surface area contributed by atoms with Crippen molar-refractivity contribution < 1.29 is 14.8 Å². The van der Waals surface area contributed by atoms with Crippen LogP contribution in [-0.2, 0) is 21.6 Å². The van der Waals surface area contributed by atoms with Gasteiger partial charge in [0.1, 0.15) is 11.6 Å². The molecule has 32 heavy (non-hydrogen) atoms. The molecule has 0 aromatic heterocycles. The summed E-state index contributed by atoms with van der Waals surface area (Å²) in [5.74, 6) is -0.749. The lowest BCUT2D eigenvalue weighted by Crippen LogP contribution is -2.22. The molecule has 0 saturated heterocycles. The van der Waals surface area contributed by atoms with Crippen LogP contribution >= 0.6 is 7.14 Å². The third-order valence-electron chi connectivity index (χ3n) is 6.44. The SMILES string of the molecule is CC(C)(C)c1cc(CP2(=O)c3ccccc3-c3ccccc3C2O)cc(C(C)(C)C)c1O. The summed E-state index contributed by atoms with van der Waals surface area (Å²) in [4.78, 5) is 0. The van der Waals surface area contributed by atoms with Crippen LogP contribution in [0, 0.1) is 0 Å². The highest BCUT2D eigenvalue weighted by Gasteiger charge is 2.42. The molecule has 4 heteroatoms. The fourth-order valence-electron chi connectivity index (χ4n) is 4.73. The molecule has 168 valence electrons. The number of hydrogen-bond acceptors (Lipinski definition) is 3. The number of aliphatic hydroxyl groups excluding tert-OH is 1. The van der Waals surface area contributed by atoms with Gasteiger partial charge in [0.05, 0.1) is 0 Å². The van der Waals surface area contributed by atoms with Gasteiger partial charge in [0.2, 0.25) is 0 Å². The highest BCUT2D eigenvalue weighted by Crippen LogP contribution is 2.64. The number of fused-ring (bicyclic) bond motifs is 3. The van der Waals surface area contributed by atoms with E-state index in [2.05, 4.69) is 41.5 Å². The van der Waals surface area contributed by atoms with Crippen molar-refractivity contribution in [3.63, 3.8) is 0 Å². The number of benzene rings is 3. The first-order valence-electron chi connectivity index (χ1n) is 11.2. The molecule has 3 aromatic carbocycles. The van der Waals surface area contributed by atoms with E-state index in [-0.39, 0.29) is 17.0 Å². The van der Waals surface area contributed by atoms with E-state index in [4.69, 9.17) is 0 Å². The van der Waals surface area contributed by atoms with E-state index in [1.165, 1.54) is 0 Å². The molecule has 0 amide bonds. The monoisotopic (exact) mass is 448 g/mol. The quantitative estimate of drug-likeness (QED) is 0.422. The predicted molar refractivity (Wildman–Crippen MR) is 133 cm³/mol. The number of aromatic hydroxyl groups is 1. The van der Waals surface area contributed by atoms with E-state index in [1.54, 1.807) is 0 Å². The van der Waals surface area contributed by atoms with Crippen LogP contribution in [0.15, 0.2) is 60.7 Å². The Morgan fingerprint density at radius 3 is 1.88 bits per heavy atom. The average Bonchev–Trinajstić information content (AvgIpc) is 2.72. The van der Waals surface area contributed by atoms with Gasteiger partial charge in [-0.25, -0.2) is 0 Å². The fourth-order valence-corrected chi connectivity index (χ4v) is 7.67. The summed E-state index contributed by atoms with van der Waals surface area (Å²) >= 11 is 0. The highest BCUT2D eigenvalue weighted by atomic mass is 31.2. The van der Waals surface area contributed by atoms with Crippen molar-refractivity contribution in [2.24, 2.45) is 0 Å². The molecular formula is C28H33O3P. The molecule has 0 saturated carbocycles. The Bertz CT molecular complexity index is 1190. The molecule has 2 N–H and O–H groups in total. The summed E-state index contributed by atoms with van der Waals surface area (Å²) in [7, 11) is -3.23. The van der Waals surface area contributed by atoms with Crippen LogP contribution in [0.3, 0.4) is 0 Å². The first-order chi connectivity index (χ1) is 14.8. The molecule has 3 nitrogen and oxygen atoms in total. The highest BCUT2D eigenvalue weighted by molar-refractivity contribution is 7.71. The summed E-state index contributed by atoms with van der Waals surface area (Å²) in [6.45, 7) is 12.4. The van der Waals surface area contributed by atoms with Gasteiger partial charge in [0.15, 0.2) is 7.14 Å². The Morgan fingerprint density at radius 2 is 1.31 bits per heavy atom. The molecule has 2 atom stereocenters. The second-order valence-corrected chi connectivity index (χ2v) is 13.8. The lowest BCUT2D eigenvalue weighted by Gasteiger charge is -2.34. The molecule has 2 unspecified atom stereocenters. The van der Waals surface area contributed by atoms with Crippen molar-refractivity contribution in [2.45, 2.75) is 64.4 Å². The van der Waals surface area contributed by atoms with Crippen LogP contribution < -0.4 is 5.30 Å². The molecule has 0 spiro atoms. The van der Waals surface area contributed by atoms with Crippen LogP contribution in [0.4, 0.5) is 0 Å². The first-order valence-corrected chi connectivity index (χ1v) is 13.1. The number of rotatable bonds is 2. The Morgan fingerprint density at radius 1 is 0.812 bits per heavy atom. The van der Waals surface area contributed by atoms with E-state index in [0.29, 0.717) is 5.75 Å². The van der Waals surface area contributed by atoms with E-state index in [1.807, 2.05) is 60.7 Å². The standard InChI is InChI=1S/C28H33O3P/c1-27(2,3)22-15-18(16-23(25(22)29)28(4,5)6)17-32(31)24-14-10-9-12-20(24)19-11-7-8-13-21(19)26(32)30/h7-16,26,29-30H,17H2,1-6H3. The largest absolute Gasteiger partial charge is 0.507 e. The maximum absolute atomic E-state index is 14.6. The van der Waals surface area contributed by atoms with Crippen molar-refractivity contribution in [2.75, 3.05) is 0 Å². The smallest absolute Gasteiger partial charge is 0.151 e. The normalized spacial score (nSPS) is 20.5. The minimum absolute atomic E-state index is 0.242. The van der Waals surface area contributed by atoms with E-state index in [9.17, 15) is 14.8 Å². The van der Waals surface area contributed by atoms with Crippen LogP contribution in [0.2, 0.25) is 0 Å². The van der Waals surface area contributed by atoms with Crippen molar-refractivity contribution in [3.05, 3.63) is 82.9 Å². The topological polar surface area (TPSA) is 57.5 Å². The van der Waals surface area contributed by atoms with Crippen LogP contribution in [0.5, 0.6) is 5.75 Å². The van der Waals surface area contributed by atoms with Crippen molar-refractivity contribution in [3.8, 4) is 16.9 Å². The molecular weight excluding hydrogens is 415 g/mol. The zero-order chi connectivity index (χ0) is 23.5. The first kappa shape index (κ1) is 22.8. The molecule has 1 aliphatic heterocycles. The van der Waals surface area contributed by atoms with Crippen molar-refractivity contribution in [1.29, 1.82) is 0 Å². The van der Waals surface area contributed by atoms with Crippen molar-refractivity contribution in [1.82, 2.24) is 0 Å². The molecule has 0 aliphatic carbocycles. The van der Waals surface area contributed by atoms with Gasteiger partial charge in [-0.15, -0.1) is 0 Å². The summed E-state index contributed by atoms with van der Waals surface area (Å²) in [5.41, 5.74) is 4.61. The maximum atomic E-state index is 14.6. The Kier molecular flexibility index (Phi) is 5.43. The van der Waals surface area contributed by atoms with E-state index < -0.39 is 13.0 Å².